The smallest absolute Gasteiger partial charge is 0.0900 e. The lowest BCUT2D eigenvalue weighted by atomic mass is 10.0. The molecule has 0 radical (unpaired) electrons. The predicted octanol–water partition coefficient (Wildman–Crippen LogP) is 1.81. The van der Waals surface area contributed by atoms with E-state index in [-0.39, 0.29) is 0 Å². The second kappa shape index (κ2) is 9.26. The van der Waals surface area contributed by atoms with Crippen molar-refractivity contribution in [3.8, 4) is 0 Å². The maximum Gasteiger partial charge on any atom is 0.0900 e. The summed E-state index contributed by atoms with van der Waals surface area (Å²) in [7, 11) is 0. The fourth-order valence-electron chi connectivity index (χ4n) is 2.90. The van der Waals surface area contributed by atoms with E-state index < -0.39 is 6.10 Å². The number of hydrogen-bond acceptors (Lipinski definition) is 4. The van der Waals surface area contributed by atoms with Crippen molar-refractivity contribution in [3.05, 3.63) is 35.9 Å². The third-order valence-electron chi connectivity index (χ3n) is 4.43. The molecule has 0 unspecified atom stereocenters. The molecule has 1 heterocycles. The molecular weight excluding hydrogens is 276 g/mol. The van der Waals surface area contributed by atoms with Crippen LogP contribution in [0.1, 0.15) is 25.3 Å². The summed E-state index contributed by atoms with van der Waals surface area (Å²) in [6.45, 7) is 11.6. The lowest BCUT2D eigenvalue weighted by Gasteiger charge is -2.34. The normalized spacial score (nSPS) is 20.0. The first-order chi connectivity index (χ1) is 10.7. The van der Waals surface area contributed by atoms with Gasteiger partial charge in [-0.3, -0.25) is 4.90 Å². The zero-order valence-corrected chi connectivity index (χ0v) is 13.9. The first-order valence-electron chi connectivity index (χ1n) is 8.44. The van der Waals surface area contributed by atoms with Gasteiger partial charge in [-0.15, -0.1) is 0 Å². The minimum absolute atomic E-state index is 0.362. The molecular formula is C18H30N2O2. The van der Waals surface area contributed by atoms with Gasteiger partial charge < -0.3 is 14.7 Å². The van der Waals surface area contributed by atoms with E-state index in [4.69, 9.17) is 4.74 Å². The average Bonchev–Trinajstić information content (AvgIpc) is 2.56. The molecule has 1 aromatic carbocycles. The van der Waals surface area contributed by atoms with Crippen molar-refractivity contribution >= 4 is 0 Å². The van der Waals surface area contributed by atoms with E-state index in [2.05, 4.69) is 47.9 Å². The Bertz CT molecular complexity index is 405. The molecule has 0 saturated carbocycles. The molecule has 1 fully saturated rings. The van der Waals surface area contributed by atoms with Crippen LogP contribution in [0.4, 0.5) is 0 Å². The maximum atomic E-state index is 10.1. The van der Waals surface area contributed by atoms with Gasteiger partial charge in [-0.2, -0.15) is 0 Å². The number of ether oxygens (including phenoxy) is 1. The molecule has 4 heteroatoms. The van der Waals surface area contributed by atoms with Crippen molar-refractivity contribution in [3.63, 3.8) is 0 Å². The van der Waals surface area contributed by atoms with Crippen LogP contribution in [0, 0.1) is 0 Å². The molecule has 1 aromatic rings. The minimum atomic E-state index is -0.392. The lowest BCUT2D eigenvalue weighted by molar-refractivity contribution is 0.00458. The third kappa shape index (κ3) is 5.69. The molecule has 2 atom stereocenters. The molecule has 1 aliphatic rings. The Hall–Kier alpha value is -0.940. The van der Waals surface area contributed by atoms with Gasteiger partial charge in [0.05, 0.1) is 19.3 Å². The van der Waals surface area contributed by atoms with Gasteiger partial charge in [-0.25, -0.2) is 0 Å². The molecule has 4 nitrogen and oxygen atoms in total. The maximum absolute atomic E-state index is 10.1. The van der Waals surface area contributed by atoms with Crippen molar-refractivity contribution in [2.75, 3.05) is 52.5 Å². The first-order valence-corrected chi connectivity index (χ1v) is 8.44. The molecule has 124 valence electrons. The topological polar surface area (TPSA) is 35.9 Å². The number of nitrogens with zero attached hydrogens (tertiary/aromatic N) is 2. The molecule has 2 rings (SSSR count). The molecule has 0 aromatic heterocycles. The number of piperazine rings is 1. The second-order valence-electron chi connectivity index (χ2n) is 6.24. The van der Waals surface area contributed by atoms with E-state index in [0.29, 0.717) is 19.1 Å². The predicted molar refractivity (Wildman–Crippen MR) is 90.2 cm³/mol. The number of likely N-dealkylation sites (N-methyl/N-ethyl adjacent to an activating group) is 1. The standard InChI is InChI=1S/C18H30N2O2/c1-3-19-9-11-20(12-10-19)13-18(21)15-22-14-16(2)17-7-5-4-6-8-17/h4-8,16,18,21H,3,9-15H2,1-2H3/t16-,18-/m1/s1. The van der Waals surface area contributed by atoms with Crippen molar-refractivity contribution in [1.29, 1.82) is 0 Å². The van der Waals surface area contributed by atoms with Crippen molar-refractivity contribution in [2.24, 2.45) is 0 Å². The van der Waals surface area contributed by atoms with Crippen molar-refractivity contribution in [2.45, 2.75) is 25.9 Å². The fraction of sp³-hybridized carbons (Fsp3) is 0.667. The summed E-state index contributed by atoms with van der Waals surface area (Å²) in [6, 6.07) is 10.4. The highest BCUT2D eigenvalue weighted by molar-refractivity contribution is 5.18. The molecule has 22 heavy (non-hydrogen) atoms. The van der Waals surface area contributed by atoms with Gasteiger partial charge in [0.2, 0.25) is 0 Å². The van der Waals surface area contributed by atoms with Gasteiger partial charge in [0.15, 0.2) is 0 Å². The van der Waals surface area contributed by atoms with Crippen LogP contribution in [0.15, 0.2) is 30.3 Å². The minimum Gasteiger partial charge on any atom is -0.389 e. The van der Waals surface area contributed by atoms with Gasteiger partial charge in [0, 0.05) is 38.6 Å². The van der Waals surface area contributed by atoms with E-state index in [1.807, 2.05) is 6.07 Å². The number of β-amino-alcohol motifs (C(OH)–C–C–N with tert-alkyl or cyclic N) is 1. The monoisotopic (exact) mass is 306 g/mol. The summed E-state index contributed by atoms with van der Waals surface area (Å²) in [5.41, 5.74) is 1.28. The number of benzene rings is 1. The summed E-state index contributed by atoms with van der Waals surface area (Å²) in [6.07, 6.45) is -0.392. The van der Waals surface area contributed by atoms with Crippen LogP contribution in [-0.2, 0) is 4.74 Å². The summed E-state index contributed by atoms with van der Waals surface area (Å²) < 4.78 is 5.71. The van der Waals surface area contributed by atoms with Gasteiger partial charge in [-0.1, -0.05) is 44.2 Å². The average molecular weight is 306 g/mol. The Labute approximate surface area is 134 Å². The van der Waals surface area contributed by atoms with Crippen molar-refractivity contribution in [1.82, 2.24) is 9.80 Å². The SMILES string of the molecule is CCN1CCN(C[C@@H](O)COC[C@@H](C)c2ccccc2)CC1. The highest BCUT2D eigenvalue weighted by Gasteiger charge is 2.18. The number of aliphatic hydroxyl groups is 1. The highest BCUT2D eigenvalue weighted by atomic mass is 16.5. The van der Waals surface area contributed by atoms with Gasteiger partial charge >= 0.3 is 0 Å². The van der Waals surface area contributed by atoms with Gasteiger partial charge in [0.25, 0.3) is 0 Å². The zero-order valence-electron chi connectivity index (χ0n) is 13.9. The molecule has 0 bridgehead atoms. The summed E-state index contributed by atoms with van der Waals surface area (Å²) in [5.74, 6) is 0.362. The number of aliphatic hydroxyl groups excluding tert-OH is 1. The largest absolute Gasteiger partial charge is 0.389 e. The molecule has 1 aliphatic heterocycles. The highest BCUT2D eigenvalue weighted by Crippen LogP contribution is 2.14. The Balaban J connectivity index is 1.61. The van der Waals surface area contributed by atoms with E-state index in [1.165, 1.54) is 5.56 Å². The summed E-state index contributed by atoms with van der Waals surface area (Å²) in [5, 5.41) is 10.1. The Morgan fingerprint density at radius 2 is 1.68 bits per heavy atom. The van der Waals surface area contributed by atoms with Crippen LogP contribution in [0.2, 0.25) is 0 Å². The molecule has 0 amide bonds. The van der Waals surface area contributed by atoms with Crippen molar-refractivity contribution < 1.29 is 9.84 Å². The quantitative estimate of drug-likeness (QED) is 0.794. The Morgan fingerprint density at radius 1 is 1.05 bits per heavy atom. The number of rotatable bonds is 8. The second-order valence-corrected chi connectivity index (χ2v) is 6.24. The van der Waals surface area contributed by atoms with Crippen LogP contribution < -0.4 is 0 Å². The first kappa shape index (κ1) is 17.4. The number of hydrogen-bond donors (Lipinski definition) is 1. The van der Waals surface area contributed by atoms with E-state index in [0.717, 1.165) is 39.3 Å². The summed E-state index contributed by atoms with van der Waals surface area (Å²) >= 11 is 0. The summed E-state index contributed by atoms with van der Waals surface area (Å²) in [4.78, 5) is 4.78. The Morgan fingerprint density at radius 3 is 2.32 bits per heavy atom. The molecule has 0 spiro atoms. The van der Waals surface area contributed by atoms with Crippen LogP contribution in [-0.4, -0.2) is 73.5 Å². The van der Waals surface area contributed by atoms with Crippen LogP contribution in [0.25, 0.3) is 0 Å². The van der Waals surface area contributed by atoms with E-state index in [9.17, 15) is 5.11 Å². The van der Waals surface area contributed by atoms with E-state index >= 15 is 0 Å². The third-order valence-corrected chi connectivity index (χ3v) is 4.43. The van der Waals surface area contributed by atoms with Gasteiger partial charge in [0.1, 0.15) is 0 Å². The fourth-order valence-corrected chi connectivity index (χ4v) is 2.90. The molecule has 0 aliphatic carbocycles. The molecule has 1 N–H and O–H groups in total. The van der Waals surface area contributed by atoms with E-state index in [1.54, 1.807) is 0 Å². The Kier molecular flexibility index (Phi) is 7.33. The molecule has 1 saturated heterocycles. The zero-order chi connectivity index (χ0) is 15.8. The van der Waals surface area contributed by atoms with Crippen LogP contribution >= 0.6 is 0 Å². The lowest BCUT2D eigenvalue weighted by Crippen LogP contribution is -2.48. The van der Waals surface area contributed by atoms with Crippen LogP contribution in [0.5, 0.6) is 0 Å². The van der Waals surface area contributed by atoms with Crippen LogP contribution in [0.3, 0.4) is 0 Å². The van der Waals surface area contributed by atoms with Gasteiger partial charge in [-0.05, 0) is 12.1 Å².